The molecule has 3 rings (SSSR count). The van der Waals surface area contributed by atoms with Gasteiger partial charge in [0.25, 0.3) is 5.91 Å². The lowest BCUT2D eigenvalue weighted by atomic mass is 9.79. The van der Waals surface area contributed by atoms with Crippen molar-refractivity contribution in [2.45, 2.75) is 38.8 Å². The number of nitrogens with zero attached hydrogens (tertiary/aromatic N) is 3. The molecule has 1 saturated heterocycles. The molecule has 1 aliphatic carbocycles. The van der Waals surface area contributed by atoms with Crippen LogP contribution in [0.2, 0.25) is 0 Å². The SMILES string of the molecule is CCn1nccc1C(=O)N1C[C@H]2CCC[C@@H](OC)[C@H]2C1. The molecule has 0 unspecified atom stereocenters. The van der Waals surface area contributed by atoms with Gasteiger partial charge in [0.2, 0.25) is 0 Å². The summed E-state index contributed by atoms with van der Waals surface area (Å²) in [5.74, 6) is 1.24. The quantitative estimate of drug-likeness (QED) is 0.846. The number of aromatic nitrogens is 2. The average molecular weight is 277 g/mol. The van der Waals surface area contributed by atoms with Crippen LogP contribution in [-0.4, -0.2) is 46.9 Å². The molecule has 0 spiro atoms. The van der Waals surface area contributed by atoms with Gasteiger partial charge in [-0.05, 0) is 31.7 Å². The van der Waals surface area contributed by atoms with Crippen molar-refractivity contribution in [3.05, 3.63) is 18.0 Å². The number of methoxy groups -OCH3 is 1. The Bertz CT molecular complexity index is 485. The molecule has 0 radical (unpaired) electrons. The number of carbonyl (C=O) groups is 1. The highest BCUT2D eigenvalue weighted by atomic mass is 16.5. The monoisotopic (exact) mass is 277 g/mol. The standard InChI is InChI=1S/C15H23N3O2/c1-3-18-13(7-8-16-18)15(19)17-9-11-5-4-6-14(20-2)12(11)10-17/h7-8,11-12,14H,3-6,9-10H2,1-2H3/t11-,12+,14-/m1/s1. The fourth-order valence-corrected chi connectivity index (χ4v) is 3.81. The lowest BCUT2D eigenvalue weighted by Gasteiger charge is -2.31. The molecule has 1 amide bonds. The molecule has 2 heterocycles. The van der Waals surface area contributed by atoms with Crippen molar-refractivity contribution in [3.63, 3.8) is 0 Å². The fourth-order valence-electron chi connectivity index (χ4n) is 3.81. The first-order valence-corrected chi connectivity index (χ1v) is 7.58. The molecule has 20 heavy (non-hydrogen) atoms. The van der Waals surface area contributed by atoms with E-state index in [0.29, 0.717) is 23.6 Å². The summed E-state index contributed by atoms with van der Waals surface area (Å²) < 4.78 is 7.39. The molecular weight excluding hydrogens is 254 g/mol. The smallest absolute Gasteiger partial charge is 0.272 e. The molecule has 2 aliphatic rings. The predicted octanol–water partition coefficient (Wildman–Crippen LogP) is 1.79. The Morgan fingerprint density at radius 2 is 2.30 bits per heavy atom. The van der Waals surface area contributed by atoms with Gasteiger partial charge in [-0.15, -0.1) is 0 Å². The minimum absolute atomic E-state index is 0.119. The Hall–Kier alpha value is -1.36. The van der Waals surface area contributed by atoms with Crippen LogP contribution in [0.15, 0.2) is 12.3 Å². The summed E-state index contributed by atoms with van der Waals surface area (Å²) in [6.07, 6.45) is 5.60. The van der Waals surface area contributed by atoms with E-state index < -0.39 is 0 Å². The second kappa shape index (κ2) is 5.56. The van der Waals surface area contributed by atoms with Gasteiger partial charge in [-0.25, -0.2) is 0 Å². The summed E-state index contributed by atoms with van der Waals surface area (Å²) in [5, 5.41) is 4.19. The number of rotatable bonds is 3. The van der Waals surface area contributed by atoms with E-state index in [1.807, 2.05) is 17.9 Å². The van der Waals surface area contributed by atoms with E-state index in [0.717, 1.165) is 26.1 Å². The number of ether oxygens (including phenoxy) is 1. The maximum Gasteiger partial charge on any atom is 0.272 e. The second-order valence-corrected chi connectivity index (χ2v) is 5.87. The molecule has 0 aromatic carbocycles. The molecule has 1 aliphatic heterocycles. The van der Waals surface area contributed by atoms with E-state index in [-0.39, 0.29) is 5.91 Å². The minimum Gasteiger partial charge on any atom is -0.381 e. The molecule has 1 aromatic rings. The molecule has 1 aromatic heterocycles. The van der Waals surface area contributed by atoms with Gasteiger partial charge in [-0.3, -0.25) is 9.48 Å². The molecule has 1 saturated carbocycles. The van der Waals surface area contributed by atoms with E-state index in [1.54, 1.807) is 18.0 Å². The van der Waals surface area contributed by atoms with Crippen LogP contribution in [0.1, 0.15) is 36.7 Å². The summed E-state index contributed by atoms with van der Waals surface area (Å²) in [4.78, 5) is 14.6. The highest BCUT2D eigenvalue weighted by Gasteiger charge is 2.42. The third kappa shape index (κ3) is 2.24. The van der Waals surface area contributed by atoms with E-state index in [9.17, 15) is 4.79 Å². The number of hydrogen-bond acceptors (Lipinski definition) is 3. The van der Waals surface area contributed by atoms with Gasteiger partial charge < -0.3 is 9.64 Å². The van der Waals surface area contributed by atoms with Crippen LogP contribution < -0.4 is 0 Å². The number of carbonyl (C=O) groups excluding carboxylic acids is 1. The summed E-state index contributed by atoms with van der Waals surface area (Å²) in [7, 11) is 1.80. The zero-order valence-corrected chi connectivity index (χ0v) is 12.3. The molecule has 5 nitrogen and oxygen atoms in total. The first kappa shape index (κ1) is 13.6. The molecule has 0 N–H and O–H groups in total. The number of hydrogen-bond donors (Lipinski definition) is 0. The molecular formula is C15H23N3O2. The summed E-state index contributed by atoms with van der Waals surface area (Å²) >= 11 is 0. The lowest BCUT2D eigenvalue weighted by Crippen LogP contribution is -2.34. The van der Waals surface area contributed by atoms with Crippen LogP contribution in [0.5, 0.6) is 0 Å². The first-order valence-electron chi connectivity index (χ1n) is 7.58. The summed E-state index contributed by atoms with van der Waals surface area (Å²) in [5.41, 5.74) is 0.708. The number of aryl methyl sites for hydroxylation is 1. The van der Waals surface area contributed by atoms with E-state index in [2.05, 4.69) is 5.10 Å². The van der Waals surface area contributed by atoms with E-state index >= 15 is 0 Å². The maximum absolute atomic E-state index is 12.7. The molecule has 3 atom stereocenters. The third-order valence-corrected chi connectivity index (χ3v) is 4.86. The largest absolute Gasteiger partial charge is 0.381 e. The van der Waals surface area contributed by atoms with Crippen molar-refractivity contribution >= 4 is 5.91 Å². The number of fused-ring (bicyclic) bond motifs is 1. The highest BCUT2D eigenvalue weighted by Crippen LogP contribution is 2.38. The Kier molecular flexibility index (Phi) is 3.78. The number of likely N-dealkylation sites (tertiary alicyclic amines) is 1. The zero-order valence-electron chi connectivity index (χ0n) is 12.3. The van der Waals surface area contributed by atoms with E-state index in [4.69, 9.17) is 4.74 Å². The van der Waals surface area contributed by atoms with Crippen LogP contribution in [0.4, 0.5) is 0 Å². The van der Waals surface area contributed by atoms with Gasteiger partial charge in [0.1, 0.15) is 5.69 Å². The maximum atomic E-state index is 12.7. The van der Waals surface area contributed by atoms with Crippen LogP contribution >= 0.6 is 0 Å². The molecule has 110 valence electrons. The zero-order chi connectivity index (χ0) is 14.1. The van der Waals surface area contributed by atoms with Crippen LogP contribution in [0.3, 0.4) is 0 Å². The van der Waals surface area contributed by atoms with Crippen LogP contribution in [0, 0.1) is 11.8 Å². The Morgan fingerprint density at radius 1 is 1.45 bits per heavy atom. The van der Waals surface area contributed by atoms with E-state index in [1.165, 1.54) is 12.8 Å². The Morgan fingerprint density at radius 3 is 3.05 bits per heavy atom. The fraction of sp³-hybridized carbons (Fsp3) is 0.733. The van der Waals surface area contributed by atoms with Crippen molar-refractivity contribution in [2.75, 3.05) is 20.2 Å². The van der Waals surface area contributed by atoms with Gasteiger partial charge in [-0.2, -0.15) is 5.10 Å². The van der Waals surface area contributed by atoms with Gasteiger partial charge >= 0.3 is 0 Å². The Labute approximate surface area is 119 Å². The minimum atomic E-state index is 0.119. The van der Waals surface area contributed by atoms with Crippen molar-refractivity contribution in [3.8, 4) is 0 Å². The summed E-state index contributed by atoms with van der Waals surface area (Å²) in [6, 6.07) is 1.82. The molecule has 0 bridgehead atoms. The normalized spacial score (nSPS) is 29.5. The Balaban J connectivity index is 1.75. The van der Waals surface area contributed by atoms with Crippen molar-refractivity contribution in [1.29, 1.82) is 0 Å². The number of amides is 1. The second-order valence-electron chi connectivity index (χ2n) is 5.87. The van der Waals surface area contributed by atoms with Crippen molar-refractivity contribution in [2.24, 2.45) is 11.8 Å². The third-order valence-electron chi connectivity index (χ3n) is 4.86. The van der Waals surface area contributed by atoms with Gasteiger partial charge in [0.05, 0.1) is 6.10 Å². The van der Waals surface area contributed by atoms with Gasteiger partial charge in [-0.1, -0.05) is 6.42 Å². The average Bonchev–Trinajstić information content (AvgIpc) is 3.11. The predicted molar refractivity (Wildman–Crippen MR) is 75.4 cm³/mol. The van der Waals surface area contributed by atoms with Crippen molar-refractivity contribution in [1.82, 2.24) is 14.7 Å². The van der Waals surface area contributed by atoms with Crippen LogP contribution in [-0.2, 0) is 11.3 Å². The van der Waals surface area contributed by atoms with Crippen molar-refractivity contribution < 1.29 is 9.53 Å². The summed E-state index contributed by atoms with van der Waals surface area (Å²) in [6.45, 7) is 4.44. The van der Waals surface area contributed by atoms with Gasteiger partial charge in [0.15, 0.2) is 0 Å². The van der Waals surface area contributed by atoms with Gasteiger partial charge in [0, 0.05) is 38.9 Å². The van der Waals surface area contributed by atoms with Crippen LogP contribution in [0.25, 0.3) is 0 Å². The molecule has 2 fully saturated rings. The topological polar surface area (TPSA) is 47.4 Å². The lowest BCUT2D eigenvalue weighted by molar-refractivity contribution is 0.0126. The highest BCUT2D eigenvalue weighted by molar-refractivity contribution is 5.92. The first-order chi connectivity index (χ1) is 9.74. The molecule has 5 heteroatoms.